The lowest BCUT2D eigenvalue weighted by atomic mass is 9.77. The van der Waals surface area contributed by atoms with Crippen LogP contribution in [0.2, 0.25) is 0 Å². The van der Waals surface area contributed by atoms with E-state index in [4.69, 9.17) is 0 Å². The smallest absolute Gasteiger partial charge is 0.141 e. The number of likely N-dealkylation sites (N-methyl/N-ethyl adjacent to an activating group) is 1. The number of nitrogens with one attached hydrogen (secondary N) is 1. The van der Waals surface area contributed by atoms with Crippen LogP contribution in [0.4, 0.5) is 10.1 Å². The SMILES string of the molecule is CN1CC=CC(C2CCC(c3ccc(F)cn3)CC2)=c2[nH]c3c(c21)CN=NC=3. The van der Waals surface area contributed by atoms with Gasteiger partial charge in [0.25, 0.3) is 0 Å². The second-order valence-corrected chi connectivity index (χ2v) is 7.97. The maximum atomic E-state index is 13.2. The van der Waals surface area contributed by atoms with E-state index in [2.05, 4.69) is 44.3 Å². The van der Waals surface area contributed by atoms with Gasteiger partial charge in [0.1, 0.15) is 5.82 Å². The van der Waals surface area contributed by atoms with Gasteiger partial charge in [-0.25, -0.2) is 4.39 Å². The van der Waals surface area contributed by atoms with Gasteiger partial charge in [0, 0.05) is 30.8 Å². The molecule has 0 spiro atoms. The number of rotatable bonds is 2. The lowest BCUT2D eigenvalue weighted by molar-refractivity contribution is 0.378. The van der Waals surface area contributed by atoms with Crippen LogP contribution in [0.5, 0.6) is 0 Å². The number of hydrogen-bond donors (Lipinski definition) is 1. The lowest BCUT2D eigenvalue weighted by Crippen LogP contribution is -2.25. The summed E-state index contributed by atoms with van der Waals surface area (Å²) in [5.41, 5.74) is 4.94. The minimum atomic E-state index is -0.265. The third kappa shape index (κ3) is 2.97. The Morgan fingerprint density at radius 1 is 1.14 bits per heavy atom. The van der Waals surface area contributed by atoms with Crippen molar-refractivity contribution in [1.29, 1.82) is 0 Å². The van der Waals surface area contributed by atoms with E-state index in [1.165, 1.54) is 34.4 Å². The Balaban J connectivity index is 1.47. The van der Waals surface area contributed by atoms with Crippen molar-refractivity contribution >= 4 is 17.5 Å². The molecule has 0 radical (unpaired) electrons. The van der Waals surface area contributed by atoms with Gasteiger partial charge in [-0.2, -0.15) is 10.2 Å². The molecule has 5 rings (SSSR count). The molecule has 4 heterocycles. The average Bonchev–Trinajstić information content (AvgIpc) is 3.03. The van der Waals surface area contributed by atoms with Crippen LogP contribution in [-0.4, -0.2) is 23.6 Å². The van der Waals surface area contributed by atoms with E-state index in [0.29, 0.717) is 18.4 Å². The number of anilines is 1. The van der Waals surface area contributed by atoms with Crippen LogP contribution in [0.1, 0.15) is 42.9 Å². The number of pyridine rings is 1. The number of halogens is 1. The fourth-order valence-electron chi connectivity index (χ4n) is 4.84. The van der Waals surface area contributed by atoms with Crippen molar-refractivity contribution in [3.63, 3.8) is 0 Å². The molecule has 28 heavy (non-hydrogen) atoms. The Kier molecular flexibility index (Phi) is 4.34. The summed E-state index contributed by atoms with van der Waals surface area (Å²) in [4.78, 5) is 10.2. The molecule has 1 N–H and O–H groups in total. The zero-order valence-electron chi connectivity index (χ0n) is 16.0. The summed E-state index contributed by atoms with van der Waals surface area (Å²) in [6, 6.07) is 3.36. The van der Waals surface area contributed by atoms with Crippen LogP contribution in [0.3, 0.4) is 0 Å². The van der Waals surface area contributed by atoms with Gasteiger partial charge in [-0.05, 0) is 49.3 Å². The number of aromatic amines is 1. The Hall–Kier alpha value is -2.76. The number of azo groups is 1. The monoisotopic (exact) mass is 377 g/mol. The van der Waals surface area contributed by atoms with Gasteiger partial charge in [-0.3, -0.25) is 4.98 Å². The summed E-state index contributed by atoms with van der Waals surface area (Å²) in [7, 11) is 2.14. The minimum Gasteiger partial charge on any atom is -0.369 e. The Morgan fingerprint density at radius 2 is 1.96 bits per heavy atom. The number of allylic oxidation sites excluding steroid dienone is 1. The highest BCUT2D eigenvalue weighted by atomic mass is 19.1. The third-order valence-electron chi connectivity index (χ3n) is 6.29. The van der Waals surface area contributed by atoms with E-state index in [1.54, 1.807) is 0 Å². The molecule has 2 aromatic heterocycles. The van der Waals surface area contributed by atoms with Gasteiger partial charge in [-0.15, -0.1) is 0 Å². The minimum absolute atomic E-state index is 0.265. The van der Waals surface area contributed by atoms with Crippen molar-refractivity contribution in [1.82, 2.24) is 9.97 Å². The first-order chi connectivity index (χ1) is 13.7. The van der Waals surface area contributed by atoms with Gasteiger partial charge in [0.15, 0.2) is 0 Å². The first-order valence-electron chi connectivity index (χ1n) is 10.0. The van der Waals surface area contributed by atoms with E-state index in [1.807, 2.05) is 12.3 Å². The second kappa shape index (κ2) is 7.00. The number of H-pyrrole nitrogens is 1. The molecule has 6 heteroatoms. The van der Waals surface area contributed by atoms with E-state index < -0.39 is 0 Å². The van der Waals surface area contributed by atoms with Gasteiger partial charge in [-0.1, -0.05) is 12.2 Å². The van der Waals surface area contributed by atoms with E-state index in [0.717, 1.165) is 43.3 Å². The van der Waals surface area contributed by atoms with E-state index in [-0.39, 0.29) is 5.82 Å². The maximum Gasteiger partial charge on any atom is 0.141 e. The maximum absolute atomic E-state index is 13.2. The van der Waals surface area contributed by atoms with Crippen molar-refractivity contribution in [2.24, 2.45) is 16.1 Å². The molecule has 0 amide bonds. The second-order valence-electron chi connectivity index (χ2n) is 7.97. The summed E-state index contributed by atoms with van der Waals surface area (Å²) in [5.74, 6) is 0.684. The zero-order valence-corrected chi connectivity index (χ0v) is 16.0. The number of aromatic nitrogens is 2. The quantitative estimate of drug-likeness (QED) is 0.872. The Labute approximate surface area is 163 Å². The molecule has 3 aliphatic rings. The average molecular weight is 377 g/mol. The summed E-state index contributed by atoms with van der Waals surface area (Å²) in [6.45, 7) is 1.53. The van der Waals surface area contributed by atoms with Gasteiger partial charge >= 0.3 is 0 Å². The van der Waals surface area contributed by atoms with E-state index in [9.17, 15) is 4.39 Å². The van der Waals surface area contributed by atoms with Crippen LogP contribution in [0, 0.1) is 11.7 Å². The van der Waals surface area contributed by atoms with Gasteiger partial charge < -0.3 is 9.88 Å². The molecule has 0 unspecified atom stereocenters. The number of nitrogens with zero attached hydrogens (tertiary/aromatic N) is 4. The predicted molar refractivity (Wildman–Crippen MR) is 108 cm³/mol. The summed E-state index contributed by atoms with van der Waals surface area (Å²) in [6.07, 6.45) is 12.1. The van der Waals surface area contributed by atoms with Crippen molar-refractivity contribution in [2.45, 2.75) is 38.1 Å². The third-order valence-corrected chi connectivity index (χ3v) is 6.29. The molecular weight excluding hydrogens is 353 g/mol. The summed E-state index contributed by atoms with van der Waals surface area (Å²) in [5, 5.41) is 10.6. The van der Waals surface area contributed by atoms with Crippen molar-refractivity contribution in [2.75, 3.05) is 18.5 Å². The molecule has 144 valence electrons. The predicted octanol–water partition coefficient (Wildman–Crippen LogP) is 3.38. The summed E-state index contributed by atoms with van der Waals surface area (Å²) < 4.78 is 13.2. The largest absolute Gasteiger partial charge is 0.369 e. The van der Waals surface area contributed by atoms with Crippen LogP contribution < -0.4 is 15.6 Å². The number of fused-ring (bicyclic) bond motifs is 3. The molecule has 0 atom stereocenters. The highest BCUT2D eigenvalue weighted by Crippen LogP contribution is 2.39. The molecule has 0 aromatic carbocycles. The van der Waals surface area contributed by atoms with Crippen molar-refractivity contribution in [3.8, 4) is 0 Å². The zero-order chi connectivity index (χ0) is 19.1. The van der Waals surface area contributed by atoms with Crippen LogP contribution in [-0.2, 0) is 6.54 Å². The highest BCUT2D eigenvalue weighted by molar-refractivity contribution is 5.69. The van der Waals surface area contributed by atoms with Crippen molar-refractivity contribution in [3.05, 3.63) is 58.3 Å². The normalized spacial score (nSPS) is 23.8. The molecule has 1 aliphatic carbocycles. The number of hydrogen-bond acceptors (Lipinski definition) is 4. The van der Waals surface area contributed by atoms with Gasteiger partial charge in [0.2, 0.25) is 0 Å². The van der Waals surface area contributed by atoms with Crippen LogP contribution in [0.15, 0.2) is 40.7 Å². The Morgan fingerprint density at radius 3 is 2.75 bits per heavy atom. The van der Waals surface area contributed by atoms with Gasteiger partial charge in [0.05, 0.1) is 35.3 Å². The first kappa shape index (κ1) is 17.3. The molecule has 2 aromatic rings. The van der Waals surface area contributed by atoms with E-state index >= 15 is 0 Å². The van der Waals surface area contributed by atoms with Crippen molar-refractivity contribution < 1.29 is 4.39 Å². The summed E-state index contributed by atoms with van der Waals surface area (Å²) >= 11 is 0. The van der Waals surface area contributed by atoms with Crippen LogP contribution in [0.25, 0.3) is 11.8 Å². The topological polar surface area (TPSA) is 56.6 Å². The highest BCUT2D eigenvalue weighted by Gasteiger charge is 2.27. The standard InChI is InChI=1S/C22H24FN5/c1-28-10-2-3-17(21-22(28)18-12-25-26-13-20(18)27-21)14-4-6-15(7-5-14)19-9-8-16(23)11-24-19/h2-3,8-9,11,13-15,27H,4-7,10,12H2,1H3. The molecule has 1 fully saturated rings. The fraction of sp³-hybridized carbons (Fsp3) is 0.409. The van der Waals surface area contributed by atoms with Crippen LogP contribution >= 0.6 is 0 Å². The molecule has 2 aliphatic heterocycles. The first-order valence-corrected chi connectivity index (χ1v) is 10.0. The lowest BCUT2D eigenvalue weighted by Gasteiger charge is -2.29. The molecule has 0 saturated heterocycles. The fourth-order valence-corrected chi connectivity index (χ4v) is 4.84. The molecule has 1 saturated carbocycles. The molecule has 0 bridgehead atoms. The molecule has 5 nitrogen and oxygen atoms in total. The Bertz CT molecular complexity index is 1060. The molecular formula is C22H24FN5.